The zero-order chi connectivity index (χ0) is 12.1. The third kappa shape index (κ3) is 3.12. The fraction of sp³-hybridized carbons (Fsp3) is 0.818. The third-order valence-electron chi connectivity index (χ3n) is 2.81. The van der Waals surface area contributed by atoms with Gasteiger partial charge in [0.15, 0.2) is 0 Å². The number of likely N-dealkylation sites (tertiary alicyclic amines) is 1. The summed E-state index contributed by atoms with van der Waals surface area (Å²) in [7, 11) is 3.53. The Morgan fingerprint density at radius 2 is 1.88 bits per heavy atom. The lowest BCUT2D eigenvalue weighted by atomic mass is 9.96. The maximum Gasteiger partial charge on any atom is 0.409 e. The Morgan fingerprint density at radius 1 is 1.31 bits per heavy atom. The van der Waals surface area contributed by atoms with E-state index in [1.54, 1.807) is 30.8 Å². The van der Waals surface area contributed by atoms with Gasteiger partial charge in [-0.05, 0) is 19.8 Å². The molecule has 0 atom stereocenters. The van der Waals surface area contributed by atoms with Gasteiger partial charge in [-0.1, -0.05) is 0 Å². The lowest BCUT2D eigenvalue weighted by molar-refractivity contribution is -0.134. The van der Waals surface area contributed by atoms with Gasteiger partial charge in [-0.3, -0.25) is 4.79 Å². The normalized spacial score (nSPS) is 17.1. The van der Waals surface area contributed by atoms with Crippen LogP contribution in [0.5, 0.6) is 0 Å². The molecule has 0 radical (unpaired) electrons. The molecule has 1 rings (SSSR count). The van der Waals surface area contributed by atoms with Crippen LogP contribution in [0.25, 0.3) is 0 Å². The molecule has 0 saturated carbocycles. The third-order valence-corrected chi connectivity index (χ3v) is 2.81. The van der Waals surface area contributed by atoms with Gasteiger partial charge in [-0.15, -0.1) is 0 Å². The van der Waals surface area contributed by atoms with Gasteiger partial charge < -0.3 is 14.5 Å². The molecule has 0 aromatic rings. The lowest BCUT2D eigenvalue weighted by Gasteiger charge is -2.31. The first kappa shape index (κ1) is 12.8. The predicted molar refractivity (Wildman–Crippen MR) is 60.0 cm³/mol. The fourth-order valence-corrected chi connectivity index (χ4v) is 1.89. The topological polar surface area (TPSA) is 49.9 Å². The van der Waals surface area contributed by atoms with Crippen molar-refractivity contribution in [2.75, 3.05) is 33.8 Å². The Balaban J connectivity index is 2.39. The number of amides is 2. The van der Waals surface area contributed by atoms with Crippen LogP contribution in [0.2, 0.25) is 0 Å². The average Bonchev–Trinajstić information content (AvgIpc) is 2.28. The molecule has 0 N–H and O–H groups in total. The van der Waals surface area contributed by atoms with Crippen LogP contribution in [0.15, 0.2) is 0 Å². The fourth-order valence-electron chi connectivity index (χ4n) is 1.89. The number of carbonyl (C=O) groups excluding carboxylic acids is 2. The maximum atomic E-state index is 11.7. The Hall–Kier alpha value is -1.26. The van der Waals surface area contributed by atoms with Crippen molar-refractivity contribution in [1.82, 2.24) is 9.80 Å². The van der Waals surface area contributed by atoms with E-state index in [9.17, 15) is 9.59 Å². The van der Waals surface area contributed by atoms with E-state index in [2.05, 4.69) is 0 Å². The highest BCUT2D eigenvalue weighted by atomic mass is 16.6. The van der Waals surface area contributed by atoms with E-state index in [4.69, 9.17) is 4.74 Å². The first-order valence-electron chi connectivity index (χ1n) is 5.69. The van der Waals surface area contributed by atoms with Crippen molar-refractivity contribution in [3.05, 3.63) is 0 Å². The van der Waals surface area contributed by atoms with Gasteiger partial charge in [0.2, 0.25) is 5.91 Å². The van der Waals surface area contributed by atoms with E-state index >= 15 is 0 Å². The van der Waals surface area contributed by atoms with Gasteiger partial charge in [0.25, 0.3) is 0 Å². The largest absolute Gasteiger partial charge is 0.450 e. The van der Waals surface area contributed by atoms with E-state index in [1.807, 2.05) is 0 Å². The predicted octanol–water partition coefficient (Wildman–Crippen LogP) is 0.943. The summed E-state index contributed by atoms with van der Waals surface area (Å²) in [6.07, 6.45) is 1.20. The SMILES string of the molecule is CCOC(=O)N1CCC(C(=O)N(C)C)CC1. The number of nitrogens with zero attached hydrogens (tertiary/aromatic N) is 2. The molecule has 0 aliphatic carbocycles. The molecule has 16 heavy (non-hydrogen) atoms. The van der Waals surface area contributed by atoms with Crippen LogP contribution < -0.4 is 0 Å². The van der Waals surface area contributed by atoms with E-state index < -0.39 is 0 Å². The van der Waals surface area contributed by atoms with Crippen molar-refractivity contribution in [2.24, 2.45) is 5.92 Å². The number of hydrogen-bond donors (Lipinski definition) is 0. The summed E-state index contributed by atoms with van der Waals surface area (Å²) in [6.45, 7) is 3.42. The molecule has 0 bridgehead atoms. The van der Waals surface area contributed by atoms with Crippen molar-refractivity contribution in [3.63, 3.8) is 0 Å². The van der Waals surface area contributed by atoms with Gasteiger partial charge in [-0.25, -0.2) is 4.79 Å². The first-order chi connectivity index (χ1) is 7.56. The summed E-state index contributed by atoms with van der Waals surface area (Å²) < 4.78 is 4.92. The summed E-state index contributed by atoms with van der Waals surface area (Å²) in [5.74, 6) is 0.212. The molecule has 1 saturated heterocycles. The van der Waals surface area contributed by atoms with Gasteiger partial charge >= 0.3 is 6.09 Å². The maximum absolute atomic E-state index is 11.7. The molecule has 5 nitrogen and oxygen atoms in total. The molecule has 0 unspecified atom stereocenters. The molecule has 2 amide bonds. The van der Waals surface area contributed by atoms with E-state index in [0.717, 1.165) is 12.8 Å². The Labute approximate surface area is 96.3 Å². The van der Waals surface area contributed by atoms with Crippen LogP contribution >= 0.6 is 0 Å². The molecule has 0 aromatic heterocycles. The molecule has 1 heterocycles. The zero-order valence-electron chi connectivity index (χ0n) is 10.2. The monoisotopic (exact) mass is 228 g/mol. The van der Waals surface area contributed by atoms with Crippen LogP contribution in [0.1, 0.15) is 19.8 Å². The molecular formula is C11H20N2O3. The minimum Gasteiger partial charge on any atom is -0.450 e. The minimum absolute atomic E-state index is 0.0562. The van der Waals surface area contributed by atoms with E-state index in [0.29, 0.717) is 19.7 Å². The summed E-state index contributed by atoms with van der Waals surface area (Å²) in [5, 5.41) is 0. The second kappa shape index (κ2) is 5.72. The van der Waals surface area contributed by atoms with Crippen LogP contribution in [0.4, 0.5) is 4.79 Å². The van der Waals surface area contributed by atoms with Gasteiger partial charge in [0.05, 0.1) is 6.61 Å². The molecule has 92 valence electrons. The summed E-state index contributed by atoms with van der Waals surface area (Å²) in [4.78, 5) is 26.4. The van der Waals surface area contributed by atoms with Crippen LogP contribution in [0.3, 0.4) is 0 Å². The van der Waals surface area contributed by atoms with E-state index in [1.165, 1.54) is 0 Å². The Kier molecular flexibility index (Phi) is 4.58. The Bertz CT molecular complexity index is 258. The standard InChI is InChI=1S/C11H20N2O3/c1-4-16-11(15)13-7-5-9(6-8-13)10(14)12(2)3/h9H,4-8H2,1-3H3. The van der Waals surface area contributed by atoms with Gasteiger partial charge in [0.1, 0.15) is 0 Å². The van der Waals surface area contributed by atoms with Crippen molar-refractivity contribution in [2.45, 2.75) is 19.8 Å². The summed E-state index contributed by atoms with van der Waals surface area (Å²) in [5.41, 5.74) is 0. The molecule has 0 aromatic carbocycles. The molecule has 0 spiro atoms. The molecule has 1 aliphatic rings. The van der Waals surface area contributed by atoms with Crippen LogP contribution in [-0.2, 0) is 9.53 Å². The van der Waals surface area contributed by atoms with E-state index in [-0.39, 0.29) is 17.9 Å². The highest BCUT2D eigenvalue weighted by Crippen LogP contribution is 2.19. The molecular weight excluding hydrogens is 208 g/mol. The average molecular weight is 228 g/mol. The highest BCUT2D eigenvalue weighted by Gasteiger charge is 2.28. The van der Waals surface area contributed by atoms with Gasteiger partial charge in [-0.2, -0.15) is 0 Å². The second-order valence-corrected chi connectivity index (χ2v) is 4.19. The van der Waals surface area contributed by atoms with Crippen LogP contribution in [0, 0.1) is 5.92 Å². The zero-order valence-corrected chi connectivity index (χ0v) is 10.2. The van der Waals surface area contributed by atoms with Crippen LogP contribution in [-0.4, -0.2) is 55.6 Å². The minimum atomic E-state index is -0.266. The first-order valence-corrected chi connectivity index (χ1v) is 5.69. The smallest absolute Gasteiger partial charge is 0.409 e. The summed E-state index contributed by atoms with van der Waals surface area (Å²) in [6, 6.07) is 0. The van der Waals surface area contributed by atoms with Crippen molar-refractivity contribution >= 4 is 12.0 Å². The number of hydrogen-bond acceptors (Lipinski definition) is 3. The van der Waals surface area contributed by atoms with Crippen molar-refractivity contribution in [1.29, 1.82) is 0 Å². The number of piperidine rings is 1. The van der Waals surface area contributed by atoms with Crippen molar-refractivity contribution in [3.8, 4) is 0 Å². The number of rotatable bonds is 2. The van der Waals surface area contributed by atoms with Gasteiger partial charge in [0, 0.05) is 33.1 Å². The second-order valence-electron chi connectivity index (χ2n) is 4.19. The highest BCUT2D eigenvalue weighted by molar-refractivity contribution is 5.78. The molecule has 1 fully saturated rings. The van der Waals surface area contributed by atoms with Crippen molar-refractivity contribution < 1.29 is 14.3 Å². The quantitative estimate of drug-likeness (QED) is 0.707. The molecule has 1 aliphatic heterocycles. The molecule has 5 heteroatoms. The lowest BCUT2D eigenvalue weighted by Crippen LogP contribution is -2.42. The summed E-state index contributed by atoms with van der Waals surface area (Å²) >= 11 is 0. The Morgan fingerprint density at radius 3 is 2.31 bits per heavy atom. The number of ether oxygens (including phenoxy) is 1. The number of carbonyl (C=O) groups is 2.